The number of hydrogen-bond acceptors (Lipinski definition) is 6. The summed E-state index contributed by atoms with van der Waals surface area (Å²) in [4.78, 5) is 14.7. The van der Waals surface area contributed by atoms with Crippen molar-refractivity contribution in [1.82, 2.24) is 25.0 Å². The Kier molecular flexibility index (Phi) is 6.97. The van der Waals surface area contributed by atoms with E-state index in [0.29, 0.717) is 23.8 Å². The summed E-state index contributed by atoms with van der Waals surface area (Å²) < 4.78 is 12.8. The molecular weight excluding hydrogens is 394 g/mol. The Morgan fingerprint density at radius 2 is 1.90 bits per heavy atom. The van der Waals surface area contributed by atoms with Crippen molar-refractivity contribution in [1.29, 1.82) is 0 Å². The molecule has 2 aromatic rings. The van der Waals surface area contributed by atoms with Gasteiger partial charge in [0.05, 0.1) is 27.2 Å². The maximum atomic E-state index is 12.8. The number of rotatable bonds is 5. The van der Waals surface area contributed by atoms with Gasteiger partial charge in [-0.15, -0.1) is 22.6 Å². The number of benzene rings is 1. The van der Waals surface area contributed by atoms with Crippen molar-refractivity contribution in [3.8, 4) is 11.5 Å². The van der Waals surface area contributed by atoms with Gasteiger partial charge in [-0.2, -0.15) is 0 Å². The van der Waals surface area contributed by atoms with Gasteiger partial charge in [-0.1, -0.05) is 6.07 Å². The van der Waals surface area contributed by atoms with E-state index in [1.807, 2.05) is 23.1 Å². The van der Waals surface area contributed by atoms with Crippen LogP contribution in [0.3, 0.4) is 0 Å². The number of aromatic nitrogens is 3. The molecule has 8 nitrogen and oxygen atoms in total. The minimum Gasteiger partial charge on any atom is -0.493 e. The van der Waals surface area contributed by atoms with Gasteiger partial charge in [0.2, 0.25) is 5.91 Å². The predicted molar refractivity (Wildman–Crippen MR) is 111 cm³/mol. The number of fused-ring (bicyclic) bond motifs is 1. The van der Waals surface area contributed by atoms with Crippen LogP contribution in [-0.2, 0) is 24.3 Å². The Morgan fingerprint density at radius 1 is 1.14 bits per heavy atom. The minimum absolute atomic E-state index is 0. The highest BCUT2D eigenvalue weighted by atomic mass is 35.5. The molecule has 9 heteroatoms. The van der Waals surface area contributed by atoms with Gasteiger partial charge in [0.15, 0.2) is 11.5 Å². The van der Waals surface area contributed by atoms with Crippen LogP contribution < -0.4 is 14.8 Å². The second-order valence-electron chi connectivity index (χ2n) is 7.32. The van der Waals surface area contributed by atoms with Crippen LogP contribution in [0.25, 0.3) is 0 Å². The first-order chi connectivity index (χ1) is 13.7. The number of nitrogens with zero attached hydrogens (tertiary/aromatic N) is 4. The van der Waals surface area contributed by atoms with Crippen molar-refractivity contribution in [3.63, 3.8) is 0 Å². The Balaban J connectivity index is 0.00000240. The van der Waals surface area contributed by atoms with E-state index in [1.54, 1.807) is 14.2 Å². The number of hydrogen-bond donors (Lipinski definition) is 1. The van der Waals surface area contributed by atoms with Gasteiger partial charge in [0.1, 0.15) is 11.6 Å². The van der Waals surface area contributed by atoms with Crippen molar-refractivity contribution >= 4 is 18.3 Å². The highest BCUT2D eigenvalue weighted by molar-refractivity contribution is 5.85. The summed E-state index contributed by atoms with van der Waals surface area (Å²) in [5.41, 5.74) is 0.934. The van der Waals surface area contributed by atoms with Gasteiger partial charge in [-0.25, -0.2) is 0 Å². The first kappa shape index (κ1) is 21.4. The quantitative estimate of drug-likeness (QED) is 0.792. The summed E-state index contributed by atoms with van der Waals surface area (Å²) in [5.74, 6) is 3.96. The molecule has 1 fully saturated rings. The SMILES string of the molecule is COc1ccc(CC(=O)N2CCC(c3nnc4n3CCNC4)CC2)cc1OC.Cl. The average molecular weight is 422 g/mol. The summed E-state index contributed by atoms with van der Waals surface area (Å²) >= 11 is 0. The minimum atomic E-state index is 0. The van der Waals surface area contributed by atoms with E-state index >= 15 is 0 Å². The van der Waals surface area contributed by atoms with Crippen LogP contribution in [-0.4, -0.2) is 59.4 Å². The molecule has 158 valence electrons. The van der Waals surface area contributed by atoms with Crippen molar-refractivity contribution in [3.05, 3.63) is 35.4 Å². The molecule has 0 unspecified atom stereocenters. The third kappa shape index (κ3) is 4.48. The van der Waals surface area contributed by atoms with Crippen molar-refractivity contribution in [2.75, 3.05) is 33.9 Å². The Bertz CT molecular complexity index is 849. The van der Waals surface area contributed by atoms with E-state index in [4.69, 9.17) is 9.47 Å². The number of ether oxygens (including phenoxy) is 2. The number of methoxy groups -OCH3 is 2. The molecule has 0 spiro atoms. The van der Waals surface area contributed by atoms with E-state index in [0.717, 1.165) is 62.8 Å². The number of carbonyl (C=O) groups excluding carboxylic acids is 1. The first-order valence-electron chi connectivity index (χ1n) is 9.81. The molecular formula is C20H28ClN5O3. The van der Waals surface area contributed by atoms with Gasteiger partial charge in [-0.05, 0) is 30.5 Å². The lowest BCUT2D eigenvalue weighted by Crippen LogP contribution is -2.39. The van der Waals surface area contributed by atoms with Crippen LogP contribution in [0.2, 0.25) is 0 Å². The van der Waals surface area contributed by atoms with Crippen LogP contribution in [0.5, 0.6) is 11.5 Å². The van der Waals surface area contributed by atoms with Gasteiger partial charge in [0, 0.05) is 32.1 Å². The van der Waals surface area contributed by atoms with E-state index in [1.165, 1.54) is 0 Å². The molecule has 2 aliphatic heterocycles. The lowest BCUT2D eigenvalue weighted by molar-refractivity contribution is -0.131. The number of likely N-dealkylation sites (tertiary alicyclic amines) is 1. The van der Waals surface area contributed by atoms with E-state index < -0.39 is 0 Å². The molecule has 0 bridgehead atoms. The molecule has 1 aromatic carbocycles. The van der Waals surface area contributed by atoms with Gasteiger partial charge < -0.3 is 24.3 Å². The molecule has 2 aliphatic rings. The number of halogens is 1. The number of piperidine rings is 1. The number of nitrogens with one attached hydrogen (secondary N) is 1. The first-order valence-corrected chi connectivity index (χ1v) is 9.81. The zero-order valence-electron chi connectivity index (χ0n) is 16.9. The summed E-state index contributed by atoms with van der Waals surface area (Å²) in [6, 6.07) is 5.64. The number of amides is 1. The van der Waals surface area contributed by atoms with Crippen LogP contribution in [0.1, 0.15) is 36.0 Å². The lowest BCUT2D eigenvalue weighted by atomic mass is 9.95. The highest BCUT2D eigenvalue weighted by Gasteiger charge is 2.28. The molecule has 3 heterocycles. The monoisotopic (exact) mass is 421 g/mol. The van der Waals surface area contributed by atoms with Crippen molar-refractivity contribution < 1.29 is 14.3 Å². The third-order valence-corrected chi connectivity index (χ3v) is 5.67. The Hall–Kier alpha value is -2.32. The molecule has 1 saturated heterocycles. The molecule has 1 aromatic heterocycles. The van der Waals surface area contributed by atoms with E-state index in [9.17, 15) is 4.79 Å². The van der Waals surface area contributed by atoms with Gasteiger partial charge >= 0.3 is 0 Å². The summed E-state index contributed by atoms with van der Waals surface area (Å²) in [5, 5.41) is 12.1. The van der Waals surface area contributed by atoms with Gasteiger partial charge in [0.25, 0.3) is 0 Å². The van der Waals surface area contributed by atoms with E-state index in [2.05, 4.69) is 20.1 Å². The second kappa shape index (κ2) is 9.45. The molecule has 0 saturated carbocycles. The third-order valence-electron chi connectivity index (χ3n) is 5.67. The van der Waals surface area contributed by atoms with Crippen LogP contribution in [0.15, 0.2) is 18.2 Å². The van der Waals surface area contributed by atoms with Crippen LogP contribution in [0.4, 0.5) is 0 Å². The molecule has 0 aliphatic carbocycles. The van der Waals surface area contributed by atoms with Gasteiger partial charge in [-0.3, -0.25) is 4.79 Å². The smallest absolute Gasteiger partial charge is 0.226 e. The average Bonchev–Trinajstić information content (AvgIpc) is 3.18. The predicted octanol–water partition coefficient (Wildman–Crippen LogP) is 1.77. The zero-order valence-corrected chi connectivity index (χ0v) is 17.7. The fourth-order valence-corrected chi connectivity index (χ4v) is 4.08. The molecule has 0 radical (unpaired) electrons. The van der Waals surface area contributed by atoms with Crippen molar-refractivity contribution in [2.24, 2.45) is 0 Å². The fraction of sp³-hybridized carbons (Fsp3) is 0.550. The molecule has 0 atom stereocenters. The normalized spacial score (nSPS) is 16.7. The van der Waals surface area contributed by atoms with Crippen LogP contribution in [0, 0.1) is 0 Å². The van der Waals surface area contributed by atoms with Crippen molar-refractivity contribution in [2.45, 2.75) is 38.3 Å². The Labute approximate surface area is 177 Å². The topological polar surface area (TPSA) is 81.5 Å². The zero-order chi connectivity index (χ0) is 19.5. The second-order valence-corrected chi connectivity index (χ2v) is 7.32. The summed E-state index contributed by atoms with van der Waals surface area (Å²) in [6.45, 7) is 4.20. The highest BCUT2D eigenvalue weighted by Crippen LogP contribution is 2.30. The maximum Gasteiger partial charge on any atom is 0.226 e. The van der Waals surface area contributed by atoms with E-state index in [-0.39, 0.29) is 18.3 Å². The summed E-state index contributed by atoms with van der Waals surface area (Å²) in [7, 11) is 3.21. The molecule has 1 amide bonds. The lowest BCUT2D eigenvalue weighted by Gasteiger charge is -2.32. The molecule has 1 N–H and O–H groups in total. The standard InChI is InChI=1S/C20H27N5O3.ClH/c1-27-16-4-3-14(11-17(16)28-2)12-19(26)24-8-5-15(6-9-24)20-23-22-18-13-21-7-10-25(18)20;/h3-4,11,15,21H,5-10,12-13H2,1-2H3;1H. The largest absolute Gasteiger partial charge is 0.493 e. The molecule has 29 heavy (non-hydrogen) atoms. The van der Waals surface area contributed by atoms with Crippen LogP contribution >= 0.6 is 12.4 Å². The number of carbonyl (C=O) groups is 1. The summed E-state index contributed by atoms with van der Waals surface area (Å²) in [6.07, 6.45) is 2.24. The fourth-order valence-electron chi connectivity index (χ4n) is 4.08. The molecule has 4 rings (SSSR count). The Morgan fingerprint density at radius 3 is 2.62 bits per heavy atom. The maximum absolute atomic E-state index is 12.8.